The average Bonchev–Trinajstić information content (AvgIpc) is 3.06. The van der Waals surface area contributed by atoms with Crippen molar-refractivity contribution in [2.75, 3.05) is 6.54 Å². The first kappa shape index (κ1) is 16.0. The lowest BCUT2D eigenvalue weighted by Gasteiger charge is -2.23. The molecule has 1 amide bonds. The number of aromatic amines is 1. The van der Waals surface area contributed by atoms with Gasteiger partial charge in [0.05, 0.1) is 5.56 Å². The molecule has 0 saturated carbocycles. The average molecular weight is 319 g/mol. The second-order valence-electron chi connectivity index (χ2n) is 5.84. The van der Waals surface area contributed by atoms with Crippen LogP contribution in [-0.2, 0) is 13.0 Å². The van der Waals surface area contributed by atoms with E-state index in [1.165, 1.54) is 5.56 Å². The number of amides is 1. The van der Waals surface area contributed by atoms with Gasteiger partial charge in [-0.1, -0.05) is 36.4 Å². The van der Waals surface area contributed by atoms with E-state index in [2.05, 4.69) is 22.1 Å². The molecule has 0 fully saturated rings. The Kier molecular flexibility index (Phi) is 5.06. The van der Waals surface area contributed by atoms with E-state index in [1.54, 1.807) is 6.20 Å². The van der Waals surface area contributed by atoms with Gasteiger partial charge in [-0.25, -0.2) is 0 Å². The lowest BCUT2D eigenvalue weighted by Crippen LogP contribution is -2.32. The number of rotatable bonds is 6. The minimum atomic E-state index is 0.0496. The number of carbonyl (C=O) groups excluding carboxylic acids is 1. The molecule has 1 N–H and O–H groups in total. The molecule has 4 heteroatoms. The maximum atomic E-state index is 12.9. The monoisotopic (exact) mass is 319 g/mol. The topological polar surface area (TPSA) is 49.0 Å². The van der Waals surface area contributed by atoms with E-state index in [1.807, 2.05) is 60.6 Å². The van der Waals surface area contributed by atoms with E-state index in [-0.39, 0.29) is 5.91 Å². The summed E-state index contributed by atoms with van der Waals surface area (Å²) in [5, 5.41) is 0. The third kappa shape index (κ3) is 3.90. The Hall–Kier alpha value is -2.88. The van der Waals surface area contributed by atoms with Crippen molar-refractivity contribution in [1.29, 1.82) is 0 Å². The zero-order valence-corrected chi connectivity index (χ0v) is 13.8. The van der Waals surface area contributed by atoms with Crippen molar-refractivity contribution in [3.05, 3.63) is 89.5 Å². The summed E-state index contributed by atoms with van der Waals surface area (Å²) in [5.41, 5.74) is 3.89. The highest BCUT2D eigenvalue weighted by atomic mass is 16.2. The van der Waals surface area contributed by atoms with Gasteiger partial charge >= 0.3 is 0 Å². The smallest absolute Gasteiger partial charge is 0.255 e. The van der Waals surface area contributed by atoms with Crippen LogP contribution in [0.25, 0.3) is 0 Å². The number of aryl methyl sites for hydroxylation is 1. The van der Waals surface area contributed by atoms with Gasteiger partial charge in [0, 0.05) is 37.4 Å². The van der Waals surface area contributed by atoms with Crippen LogP contribution in [0, 0.1) is 6.92 Å². The minimum absolute atomic E-state index is 0.0496. The van der Waals surface area contributed by atoms with Gasteiger partial charge in [-0.15, -0.1) is 0 Å². The molecule has 2 heterocycles. The summed E-state index contributed by atoms with van der Waals surface area (Å²) in [4.78, 5) is 22.1. The summed E-state index contributed by atoms with van der Waals surface area (Å²) in [6, 6.07) is 16.0. The molecule has 0 atom stereocenters. The molecule has 3 rings (SSSR count). The quantitative estimate of drug-likeness (QED) is 0.754. The van der Waals surface area contributed by atoms with Crippen molar-refractivity contribution in [3.8, 4) is 0 Å². The number of hydrogen-bond acceptors (Lipinski definition) is 2. The highest BCUT2D eigenvalue weighted by molar-refractivity contribution is 5.95. The predicted molar refractivity (Wildman–Crippen MR) is 94.7 cm³/mol. The van der Waals surface area contributed by atoms with Gasteiger partial charge in [0.15, 0.2) is 0 Å². The Morgan fingerprint density at radius 2 is 1.88 bits per heavy atom. The van der Waals surface area contributed by atoms with Crippen molar-refractivity contribution in [2.45, 2.75) is 19.9 Å². The molecular weight excluding hydrogens is 298 g/mol. The molecule has 4 nitrogen and oxygen atoms in total. The molecule has 24 heavy (non-hydrogen) atoms. The van der Waals surface area contributed by atoms with Gasteiger partial charge in [0.2, 0.25) is 0 Å². The van der Waals surface area contributed by atoms with E-state index in [4.69, 9.17) is 0 Å². The molecule has 0 bridgehead atoms. The van der Waals surface area contributed by atoms with Gasteiger partial charge in [-0.3, -0.25) is 9.78 Å². The van der Waals surface area contributed by atoms with Crippen LogP contribution in [0.1, 0.15) is 27.2 Å². The Balaban J connectivity index is 1.78. The van der Waals surface area contributed by atoms with Crippen molar-refractivity contribution >= 4 is 5.91 Å². The molecule has 1 aromatic carbocycles. The maximum absolute atomic E-state index is 12.9. The highest BCUT2D eigenvalue weighted by Gasteiger charge is 2.18. The lowest BCUT2D eigenvalue weighted by atomic mass is 10.1. The van der Waals surface area contributed by atoms with Crippen LogP contribution in [-0.4, -0.2) is 27.3 Å². The standard InChI is InChI=1S/C20H21N3O/c1-16-19(9-12-22-16)20(24)23(15-18-8-5-11-21-14-18)13-10-17-6-3-2-4-7-17/h2-9,11-12,14,22H,10,13,15H2,1H3. The second kappa shape index (κ2) is 7.59. The van der Waals surface area contributed by atoms with E-state index in [0.717, 1.165) is 23.2 Å². The Morgan fingerprint density at radius 1 is 1.08 bits per heavy atom. The molecule has 0 unspecified atom stereocenters. The summed E-state index contributed by atoms with van der Waals surface area (Å²) in [6.07, 6.45) is 6.20. The number of aromatic nitrogens is 2. The van der Waals surface area contributed by atoms with E-state index in [9.17, 15) is 4.79 Å². The van der Waals surface area contributed by atoms with Crippen LogP contribution in [0.4, 0.5) is 0 Å². The third-order valence-electron chi connectivity index (χ3n) is 4.08. The normalized spacial score (nSPS) is 10.5. The Morgan fingerprint density at radius 3 is 2.54 bits per heavy atom. The molecule has 0 saturated heterocycles. The Bertz CT molecular complexity index is 781. The maximum Gasteiger partial charge on any atom is 0.255 e. The first-order valence-electron chi connectivity index (χ1n) is 8.10. The van der Waals surface area contributed by atoms with Crippen LogP contribution in [0.3, 0.4) is 0 Å². The summed E-state index contributed by atoms with van der Waals surface area (Å²) < 4.78 is 0. The number of nitrogens with one attached hydrogen (secondary N) is 1. The highest BCUT2D eigenvalue weighted by Crippen LogP contribution is 2.13. The van der Waals surface area contributed by atoms with Crippen molar-refractivity contribution < 1.29 is 4.79 Å². The van der Waals surface area contributed by atoms with Crippen LogP contribution in [0.2, 0.25) is 0 Å². The molecular formula is C20H21N3O. The predicted octanol–water partition coefficient (Wildman–Crippen LogP) is 3.60. The second-order valence-corrected chi connectivity index (χ2v) is 5.84. The fraction of sp³-hybridized carbons (Fsp3) is 0.200. The number of H-pyrrole nitrogens is 1. The van der Waals surface area contributed by atoms with Crippen LogP contribution >= 0.6 is 0 Å². The molecule has 0 aliphatic heterocycles. The fourth-order valence-corrected chi connectivity index (χ4v) is 2.73. The number of benzene rings is 1. The minimum Gasteiger partial charge on any atom is -0.365 e. The molecule has 122 valence electrons. The largest absolute Gasteiger partial charge is 0.365 e. The molecule has 2 aromatic heterocycles. The van der Waals surface area contributed by atoms with E-state index < -0.39 is 0 Å². The van der Waals surface area contributed by atoms with Gasteiger partial charge in [-0.05, 0) is 36.6 Å². The van der Waals surface area contributed by atoms with Gasteiger partial charge in [0.1, 0.15) is 0 Å². The summed E-state index contributed by atoms with van der Waals surface area (Å²) >= 11 is 0. The van der Waals surface area contributed by atoms with Crippen molar-refractivity contribution in [1.82, 2.24) is 14.9 Å². The van der Waals surface area contributed by atoms with Crippen LogP contribution < -0.4 is 0 Å². The van der Waals surface area contributed by atoms with Gasteiger partial charge < -0.3 is 9.88 Å². The fourth-order valence-electron chi connectivity index (χ4n) is 2.73. The number of pyridine rings is 1. The summed E-state index contributed by atoms with van der Waals surface area (Å²) in [7, 11) is 0. The van der Waals surface area contributed by atoms with Crippen molar-refractivity contribution in [2.24, 2.45) is 0 Å². The summed E-state index contributed by atoms with van der Waals surface area (Å²) in [6.45, 7) is 3.15. The van der Waals surface area contributed by atoms with Crippen molar-refractivity contribution in [3.63, 3.8) is 0 Å². The zero-order chi connectivity index (χ0) is 16.8. The molecule has 3 aromatic rings. The van der Waals surface area contributed by atoms with Gasteiger partial charge in [0.25, 0.3) is 5.91 Å². The van der Waals surface area contributed by atoms with Gasteiger partial charge in [-0.2, -0.15) is 0 Å². The third-order valence-corrected chi connectivity index (χ3v) is 4.08. The first-order chi connectivity index (χ1) is 11.7. The molecule has 0 radical (unpaired) electrons. The molecule has 0 aliphatic rings. The van der Waals surface area contributed by atoms with Crippen LogP contribution in [0.15, 0.2) is 67.1 Å². The summed E-state index contributed by atoms with van der Waals surface area (Å²) in [5.74, 6) is 0.0496. The lowest BCUT2D eigenvalue weighted by molar-refractivity contribution is 0.0744. The van der Waals surface area contributed by atoms with E-state index in [0.29, 0.717) is 13.1 Å². The first-order valence-corrected chi connectivity index (χ1v) is 8.10. The molecule has 0 spiro atoms. The number of nitrogens with zero attached hydrogens (tertiary/aromatic N) is 2. The van der Waals surface area contributed by atoms with Crippen LogP contribution in [0.5, 0.6) is 0 Å². The molecule has 0 aliphatic carbocycles. The number of hydrogen-bond donors (Lipinski definition) is 1. The Labute approximate surface area is 142 Å². The van der Waals surface area contributed by atoms with E-state index >= 15 is 0 Å². The zero-order valence-electron chi connectivity index (χ0n) is 13.8. The number of carbonyl (C=O) groups is 1. The SMILES string of the molecule is Cc1[nH]ccc1C(=O)N(CCc1ccccc1)Cc1cccnc1.